The zero-order valence-electron chi connectivity index (χ0n) is 17.3. The average Bonchev–Trinajstić information content (AvgIpc) is 2.77. The maximum Gasteiger partial charge on any atom is 0.252 e. The van der Waals surface area contributed by atoms with E-state index in [2.05, 4.69) is 21.3 Å². The lowest BCUT2D eigenvalue weighted by molar-refractivity contribution is -0.125. The van der Waals surface area contributed by atoms with Crippen molar-refractivity contribution in [2.45, 2.75) is 24.6 Å². The highest BCUT2D eigenvalue weighted by molar-refractivity contribution is 8.00. The van der Waals surface area contributed by atoms with Crippen LogP contribution in [0.15, 0.2) is 48.5 Å². The van der Waals surface area contributed by atoms with E-state index in [4.69, 9.17) is 10.5 Å². The lowest BCUT2D eigenvalue weighted by Crippen LogP contribution is -2.70. The molecule has 3 rings (SSSR count). The summed E-state index contributed by atoms with van der Waals surface area (Å²) in [6.07, 6.45) is -0.854. The summed E-state index contributed by atoms with van der Waals surface area (Å²) in [5.41, 5.74) is 6.25. The van der Waals surface area contributed by atoms with E-state index in [1.54, 1.807) is 24.3 Å². The van der Waals surface area contributed by atoms with Crippen molar-refractivity contribution >= 4 is 35.2 Å². The molecule has 1 aliphatic rings. The van der Waals surface area contributed by atoms with E-state index in [9.17, 15) is 18.8 Å². The Labute approximate surface area is 188 Å². The van der Waals surface area contributed by atoms with Gasteiger partial charge in [0.1, 0.15) is 23.1 Å². The Morgan fingerprint density at radius 1 is 1.16 bits per heavy atom. The number of halogens is 1. The minimum Gasteiger partial charge on any atom is -0.494 e. The predicted octanol–water partition coefficient (Wildman–Crippen LogP) is 0.982. The first-order chi connectivity index (χ1) is 15.4. The Hall–Kier alpha value is -3.15. The summed E-state index contributed by atoms with van der Waals surface area (Å²) in [7, 11) is 0. The number of thioether (sulfide) groups is 1. The van der Waals surface area contributed by atoms with Gasteiger partial charge in [-0.15, -0.1) is 11.8 Å². The van der Waals surface area contributed by atoms with Gasteiger partial charge in [0.25, 0.3) is 5.91 Å². The Bertz CT molecular complexity index is 958. The first-order valence-electron chi connectivity index (χ1n) is 9.88. The van der Waals surface area contributed by atoms with Gasteiger partial charge in [-0.2, -0.15) is 0 Å². The van der Waals surface area contributed by atoms with Gasteiger partial charge < -0.3 is 26.4 Å². The van der Waals surface area contributed by atoms with Crippen molar-refractivity contribution in [1.82, 2.24) is 16.0 Å². The van der Waals surface area contributed by atoms with Crippen LogP contribution in [0.4, 0.5) is 10.1 Å². The number of hydrogen-bond acceptors (Lipinski definition) is 7. The van der Waals surface area contributed by atoms with Crippen LogP contribution in [0, 0.1) is 5.82 Å². The molecule has 0 radical (unpaired) electrons. The number of nitrogens with one attached hydrogen (secondary N) is 4. The standard InChI is InChI=1S/C21H24FN5O4S/c1-2-31-15-9-3-12(4-10-15)19(29)25-17-18(23)26-21(27-20(17)30)32-11-16(28)24-14-7-5-13(22)6-8-14/h3-10,17-18,21,26H,2,11,23H2,1H3,(H,24,28)(H,25,29)(H,27,30). The highest BCUT2D eigenvalue weighted by atomic mass is 32.2. The van der Waals surface area contributed by atoms with Crippen LogP contribution >= 0.6 is 11.8 Å². The second-order valence-electron chi connectivity index (χ2n) is 6.86. The maximum atomic E-state index is 12.9. The fraction of sp³-hybridized carbons (Fsp3) is 0.286. The summed E-state index contributed by atoms with van der Waals surface area (Å²) in [5, 5.41) is 10.9. The van der Waals surface area contributed by atoms with Gasteiger partial charge in [-0.25, -0.2) is 4.39 Å². The Balaban J connectivity index is 1.48. The number of anilines is 1. The van der Waals surface area contributed by atoms with Crippen LogP contribution in [0.3, 0.4) is 0 Å². The maximum absolute atomic E-state index is 12.9. The normalized spacial score (nSPS) is 20.2. The lowest BCUT2D eigenvalue weighted by atomic mass is 10.1. The molecule has 1 saturated heterocycles. The van der Waals surface area contributed by atoms with E-state index in [1.807, 2.05) is 6.92 Å². The molecule has 9 nitrogen and oxygen atoms in total. The Morgan fingerprint density at radius 3 is 2.47 bits per heavy atom. The molecule has 6 N–H and O–H groups in total. The number of nitrogens with two attached hydrogens (primary N) is 1. The van der Waals surface area contributed by atoms with Gasteiger partial charge in [0.2, 0.25) is 11.8 Å². The molecule has 0 bridgehead atoms. The molecular weight excluding hydrogens is 437 g/mol. The highest BCUT2D eigenvalue weighted by Crippen LogP contribution is 2.15. The van der Waals surface area contributed by atoms with Gasteiger partial charge in [0.15, 0.2) is 0 Å². The second kappa shape index (κ2) is 10.9. The third-order valence-electron chi connectivity index (χ3n) is 4.48. The number of carbonyl (C=O) groups excluding carboxylic acids is 3. The molecule has 170 valence electrons. The quantitative estimate of drug-likeness (QED) is 0.396. The van der Waals surface area contributed by atoms with Gasteiger partial charge >= 0.3 is 0 Å². The molecule has 1 aliphatic heterocycles. The van der Waals surface area contributed by atoms with Gasteiger partial charge in [0.05, 0.1) is 18.5 Å². The summed E-state index contributed by atoms with van der Waals surface area (Å²) in [6.45, 7) is 2.38. The molecule has 3 atom stereocenters. The first kappa shape index (κ1) is 23.5. The lowest BCUT2D eigenvalue weighted by Gasteiger charge is -2.35. The number of benzene rings is 2. The minimum absolute atomic E-state index is 0.0191. The highest BCUT2D eigenvalue weighted by Gasteiger charge is 2.35. The van der Waals surface area contributed by atoms with Crippen LogP contribution in [0.1, 0.15) is 17.3 Å². The molecule has 0 spiro atoms. The molecule has 3 unspecified atom stereocenters. The zero-order valence-corrected chi connectivity index (χ0v) is 18.1. The second-order valence-corrected chi connectivity index (χ2v) is 7.95. The van der Waals surface area contributed by atoms with Gasteiger partial charge in [-0.05, 0) is 55.5 Å². The van der Waals surface area contributed by atoms with Crippen molar-refractivity contribution < 1.29 is 23.5 Å². The number of hydrogen-bond donors (Lipinski definition) is 5. The zero-order chi connectivity index (χ0) is 23.1. The van der Waals surface area contributed by atoms with E-state index in [0.29, 0.717) is 23.6 Å². The molecule has 0 aliphatic carbocycles. The average molecular weight is 462 g/mol. The molecule has 2 aromatic rings. The van der Waals surface area contributed by atoms with Crippen LogP contribution in [-0.2, 0) is 9.59 Å². The molecular formula is C21H24FN5O4S. The topological polar surface area (TPSA) is 135 Å². The van der Waals surface area contributed by atoms with Crippen molar-refractivity contribution in [3.63, 3.8) is 0 Å². The number of ether oxygens (including phenoxy) is 1. The van der Waals surface area contributed by atoms with Crippen LogP contribution in [0.2, 0.25) is 0 Å². The van der Waals surface area contributed by atoms with Crippen molar-refractivity contribution in [3.8, 4) is 5.75 Å². The number of carbonyl (C=O) groups is 3. The van der Waals surface area contributed by atoms with Crippen molar-refractivity contribution in [3.05, 3.63) is 59.9 Å². The van der Waals surface area contributed by atoms with Crippen molar-refractivity contribution in [1.29, 1.82) is 0 Å². The molecule has 1 fully saturated rings. The Kier molecular flexibility index (Phi) is 8.03. The number of rotatable bonds is 8. The molecule has 0 aromatic heterocycles. The molecule has 11 heteroatoms. The van der Waals surface area contributed by atoms with Crippen LogP contribution in [0.25, 0.3) is 0 Å². The Morgan fingerprint density at radius 2 is 1.84 bits per heavy atom. The van der Waals surface area contributed by atoms with E-state index < -0.39 is 35.3 Å². The largest absolute Gasteiger partial charge is 0.494 e. The summed E-state index contributed by atoms with van der Waals surface area (Å²) in [6, 6.07) is 10.9. The van der Waals surface area contributed by atoms with E-state index in [1.165, 1.54) is 24.3 Å². The molecule has 32 heavy (non-hydrogen) atoms. The van der Waals surface area contributed by atoms with Gasteiger partial charge in [-0.3, -0.25) is 19.7 Å². The van der Waals surface area contributed by atoms with Crippen LogP contribution in [-0.4, -0.2) is 47.8 Å². The van der Waals surface area contributed by atoms with Crippen LogP contribution < -0.4 is 31.7 Å². The third-order valence-corrected chi connectivity index (χ3v) is 5.50. The summed E-state index contributed by atoms with van der Waals surface area (Å²) in [4.78, 5) is 37.0. The smallest absolute Gasteiger partial charge is 0.252 e. The molecule has 1 heterocycles. The van der Waals surface area contributed by atoms with Crippen molar-refractivity contribution in [2.24, 2.45) is 5.73 Å². The SMILES string of the molecule is CCOc1ccc(C(=O)NC2C(=O)NC(SCC(=O)Nc3ccc(F)cc3)NC2N)cc1. The van der Waals surface area contributed by atoms with Crippen molar-refractivity contribution in [2.75, 3.05) is 17.7 Å². The summed E-state index contributed by atoms with van der Waals surface area (Å²) >= 11 is 1.12. The monoisotopic (exact) mass is 461 g/mol. The predicted molar refractivity (Wildman–Crippen MR) is 119 cm³/mol. The van der Waals surface area contributed by atoms with E-state index in [0.717, 1.165) is 11.8 Å². The third kappa shape index (κ3) is 6.42. The van der Waals surface area contributed by atoms with E-state index >= 15 is 0 Å². The molecule has 0 saturated carbocycles. The molecule has 2 aromatic carbocycles. The van der Waals surface area contributed by atoms with E-state index in [-0.39, 0.29) is 11.7 Å². The fourth-order valence-electron chi connectivity index (χ4n) is 2.92. The van der Waals surface area contributed by atoms with Gasteiger partial charge in [0, 0.05) is 11.3 Å². The van der Waals surface area contributed by atoms with Crippen LogP contribution in [0.5, 0.6) is 5.75 Å². The summed E-state index contributed by atoms with van der Waals surface area (Å²) < 4.78 is 18.3. The van der Waals surface area contributed by atoms with Gasteiger partial charge in [-0.1, -0.05) is 0 Å². The number of amides is 3. The fourth-order valence-corrected chi connectivity index (χ4v) is 3.77. The first-order valence-corrected chi connectivity index (χ1v) is 10.9. The summed E-state index contributed by atoms with van der Waals surface area (Å²) in [5.74, 6) is -0.976. The minimum atomic E-state index is -0.987. The molecule has 3 amide bonds.